The van der Waals surface area contributed by atoms with Gasteiger partial charge in [0.05, 0.1) is 0 Å². The van der Waals surface area contributed by atoms with Crippen molar-refractivity contribution in [2.75, 3.05) is 75.2 Å². The van der Waals surface area contributed by atoms with Crippen molar-refractivity contribution in [3.8, 4) is 0 Å². The van der Waals surface area contributed by atoms with E-state index in [1.165, 1.54) is 35.7 Å². The van der Waals surface area contributed by atoms with Gasteiger partial charge in [-0.15, -0.1) is 0 Å². The molecule has 0 spiro atoms. The van der Waals surface area contributed by atoms with Crippen molar-refractivity contribution in [1.29, 1.82) is 0 Å². The first-order valence-electron chi connectivity index (χ1n) is 18.8. The van der Waals surface area contributed by atoms with Gasteiger partial charge >= 0.3 is 0 Å². The van der Waals surface area contributed by atoms with E-state index in [9.17, 15) is 18.4 Å². The van der Waals surface area contributed by atoms with Gasteiger partial charge in [-0.3, -0.25) is 19.4 Å². The lowest BCUT2D eigenvalue weighted by molar-refractivity contribution is 0.0963. The molecule has 2 aromatic heterocycles. The van der Waals surface area contributed by atoms with Crippen LogP contribution in [0.4, 0.5) is 20.2 Å². The molecule has 51 heavy (non-hydrogen) atoms. The molecule has 8 rings (SSSR count). The Morgan fingerprint density at radius 3 is 1.37 bits per heavy atom. The minimum Gasteiger partial charge on any atom is -0.369 e. The van der Waals surface area contributed by atoms with E-state index in [1.54, 1.807) is 0 Å². The molecule has 4 aromatic rings. The molecule has 0 atom stereocenters. The number of nitrogens with zero attached hydrogens (tertiary/aromatic N) is 6. The van der Waals surface area contributed by atoms with Crippen molar-refractivity contribution >= 4 is 22.9 Å². The molecule has 4 aliphatic rings. The predicted molar refractivity (Wildman–Crippen MR) is 198 cm³/mol. The van der Waals surface area contributed by atoms with E-state index in [4.69, 9.17) is 0 Å². The zero-order valence-electron chi connectivity index (χ0n) is 29.6. The summed E-state index contributed by atoms with van der Waals surface area (Å²) in [4.78, 5) is 33.5. The first-order chi connectivity index (χ1) is 24.9. The third kappa shape index (κ3) is 8.61. The number of anilines is 2. The van der Waals surface area contributed by atoms with E-state index in [-0.39, 0.29) is 11.6 Å². The summed E-state index contributed by atoms with van der Waals surface area (Å²) in [5.41, 5.74) is 6.55. The maximum Gasteiger partial charge on any atom is 0.164 e. The first-order valence-corrected chi connectivity index (χ1v) is 18.8. The molecule has 2 aliphatic heterocycles. The number of aryl methyl sites for hydroxylation is 1. The van der Waals surface area contributed by atoms with E-state index in [1.807, 2.05) is 36.4 Å². The molecule has 10 heteroatoms. The van der Waals surface area contributed by atoms with Crippen LogP contribution >= 0.6 is 0 Å². The number of piperazine rings is 2. The predicted octanol–water partition coefficient (Wildman–Crippen LogP) is 6.33. The first kappa shape index (κ1) is 35.1. The highest BCUT2D eigenvalue weighted by molar-refractivity contribution is 5.98. The van der Waals surface area contributed by atoms with Crippen LogP contribution in [0.3, 0.4) is 0 Å². The van der Waals surface area contributed by atoms with Gasteiger partial charge in [0.1, 0.15) is 11.6 Å². The molecule has 4 heterocycles. The fourth-order valence-electron chi connectivity index (χ4n) is 8.07. The Labute approximate surface area is 300 Å². The number of Topliss-reactive ketones (excluding diaryl/α,β-unsaturated/α-hetero) is 2. The van der Waals surface area contributed by atoms with Crippen LogP contribution < -0.4 is 9.80 Å². The standard InChI is InChI=1S/C21H26FN3O.C20H24FN3O/c22-17-5-7-18(8-6-17)24-15-13-23(14-16-24)10-2-11-25-12-9-19-20(25)3-1-4-21(19)26;21-16-4-6-17(7-5-16)23-13-10-22(11-14-23)12-15-24-9-8-18-19(24)2-1-3-20(18)25/h5-9,12H,1-4,10-11,13-16H2;4-9H,1-3,10-15H2. The second-order valence-electron chi connectivity index (χ2n) is 14.3. The monoisotopic (exact) mass is 696 g/mol. The Hall–Kier alpha value is -4.28. The number of aromatic nitrogens is 2. The molecule has 2 fully saturated rings. The molecule has 2 aromatic carbocycles. The number of halogens is 2. The summed E-state index contributed by atoms with van der Waals surface area (Å²) < 4.78 is 30.6. The Kier molecular flexibility index (Phi) is 11.3. The van der Waals surface area contributed by atoms with E-state index >= 15 is 0 Å². The Balaban J connectivity index is 0.000000159. The van der Waals surface area contributed by atoms with Crippen LogP contribution in [0.15, 0.2) is 73.1 Å². The molecule has 270 valence electrons. The van der Waals surface area contributed by atoms with Gasteiger partial charge in [0.15, 0.2) is 11.6 Å². The van der Waals surface area contributed by atoms with Gasteiger partial charge in [-0.05, 0) is 99.3 Å². The SMILES string of the molecule is O=C1CCCc2c1ccn2CCCN1CCN(c2ccc(F)cc2)CC1.O=C1CCCc2c1ccn2CCN1CCN(c2ccc(F)cc2)CC1. The Morgan fingerprint density at radius 1 is 0.471 bits per heavy atom. The molecule has 2 saturated heterocycles. The summed E-state index contributed by atoms with van der Waals surface area (Å²) in [6, 6.07) is 17.5. The second-order valence-corrected chi connectivity index (χ2v) is 14.3. The lowest BCUT2D eigenvalue weighted by atomic mass is 9.97. The number of fused-ring (bicyclic) bond motifs is 2. The largest absolute Gasteiger partial charge is 0.369 e. The van der Waals surface area contributed by atoms with Crippen LogP contribution in [0.25, 0.3) is 0 Å². The Bertz CT molecular complexity index is 1770. The van der Waals surface area contributed by atoms with Crippen molar-refractivity contribution in [2.45, 2.75) is 58.0 Å². The van der Waals surface area contributed by atoms with Crippen molar-refractivity contribution in [2.24, 2.45) is 0 Å². The van der Waals surface area contributed by atoms with Crippen molar-refractivity contribution in [3.05, 3.63) is 107 Å². The summed E-state index contributed by atoms with van der Waals surface area (Å²) in [5.74, 6) is 0.243. The number of carbonyl (C=O) groups is 2. The number of ketones is 2. The summed E-state index contributed by atoms with van der Waals surface area (Å²) in [6.07, 6.45) is 10.7. The van der Waals surface area contributed by atoms with E-state index in [0.29, 0.717) is 24.4 Å². The van der Waals surface area contributed by atoms with E-state index in [2.05, 4.69) is 41.1 Å². The lowest BCUT2D eigenvalue weighted by Gasteiger charge is -2.36. The van der Waals surface area contributed by atoms with Crippen molar-refractivity contribution < 1.29 is 18.4 Å². The van der Waals surface area contributed by atoms with Gasteiger partial charge < -0.3 is 18.9 Å². The molecular formula is C41H50F2N6O2. The molecule has 0 N–H and O–H groups in total. The van der Waals surface area contributed by atoms with Crippen LogP contribution in [0.5, 0.6) is 0 Å². The van der Waals surface area contributed by atoms with Gasteiger partial charge in [-0.2, -0.15) is 0 Å². The van der Waals surface area contributed by atoms with Crippen LogP contribution in [0, 0.1) is 11.6 Å². The maximum absolute atomic E-state index is 13.1. The fourth-order valence-corrected chi connectivity index (χ4v) is 8.07. The smallest absolute Gasteiger partial charge is 0.164 e. The number of hydrogen-bond donors (Lipinski definition) is 0. The summed E-state index contributed by atoms with van der Waals surface area (Å²) in [7, 11) is 0. The van der Waals surface area contributed by atoms with Crippen molar-refractivity contribution in [3.63, 3.8) is 0 Å². The summed E-state index contributed by atoms with van der Waals surface area (Å²) >= 11 is 0. The highest BCUT2D eigenvalue weighted by Crippen LogP contribution is 2.24. The zero-order chi connectivity index (χ0) is 35.2. The van der Waals surface area contributed by atoms with E-state index in [0.717, 1.165) is 133 Å². The third-order valence-electron chi connectivity index (χ3n) is 11.1. The molecule has 8 nitrogen and oxygen atoms in total. The average molecular weight is 697 g/mol. The molecule has 2 aliphatic carbocycles. The number of hydrogen-bond acceptors (Lipinski definition) is 6. The third-order valence-corrected chi connectivity index (χ3v) is 11.1. The van der Waals surface area contributed by atoms with Crippen LogP contribution in [-0.4, -0.2) is 95.9 Å². The zero-order valence-corrected chi connectivity index (χ0v) is 29.6. The topological polar surface area (TPSA) is 57.0 Å². The highest BCUT2D eigenvalue weighted by atomic mass is 19.1. The number of rotatable bonds is 9. The fraction of sp³-hybridized carbons (Fsp3) is 0.463. The van der Waals surface area contributed by atoms with Gasteiger partial charge in [-0.25, -0.2) is 8.78 Å². The van der Waals surface area contributed by atoms with Gasteiger partial charge in [0.25, 0.3) is 0 Å². The molecular weight excluding hydrogens is 646 g/mol. The summed E-state index contributed by atoms with van der Waals surface area (Å²) in [5, 5.41) is 0. The van der Waals surface area contributed by atoms with Gasteiger partial charge in [0, 0.05) is 131 Å². The Morgan fingerprint density at radius 2 is 0.902 bits per heavy atom. The van der Waals surface area contributed by atoms with Gasteiger partial charge in [-0.1, -0.05) is 0 Å². The molecule has 0 saturated carbocycles. The minimum atomic E-state index is -0.184. The van der Waals surface area contributed by atoms with Gasteiger partial charge in [0.2, 0.25) is 0 Å². The van der Waals surface area contributed by atoms with Crippen LogP contribution in [-0.2, 0) is 25.9 Å². The maximum atomic E-state index is 13.1. The van der Waals surface area contributed by atoms with Crippen LogP contribution in [0.1, 0.15) is 64.2 Å². The normalized spacial score (nSPS) is 18.3. The second kappa shape index (κ2) is 16.4. The number of carbonyl (C=O) groups excluding carboxylic acids is 2. The quantitative estimate of drug-likeness (QED) is 0.204. The number of benzene rings is 2. The summed E-state index contributed by atoms with van der Waals surface area (Å²) in [6.45, 7) is 12.0. The van der Waals surface area contributed by atoms with Crippen LogP contribution in [0.2, 0.25) is 0 Å². The lowest BCUT2D eigenvalue weighted by Crippen LogP contribution is -2.47. The minimum absolute atomic E-state index is 0.179. The molecule has 0 unspecified atom stereocenters. The van der Waals surface area contributed by atoms with Crippen molar-refractivity contribution in [1.82, 2.24) is 18.9 Å². The molecule has 0 amide bonds. The molecule has 0 radical (unpaired) electrons. The van der Waals surface area contributed by atoms with E-state index < -0.39 is 0 Å². The highest BCUT2D eigenvalue weighted by Gasteiger charge is 2.23. The molecule has 0 bridgehead atoms. The average Bonchev–Trinajstić information content (AvgIpc) is 3.78.